The topological polar surface area (TPSA) is 150 Å². The number of allylic oxidation sites excluding steroid dienone is 1. The molecular weight excluding hydrogens is 949 g/mol. The molecular formula is C47H52ClF3N6O7S3. The molecule has 1 aliphatic carbocycles. The lowest BCUT2D eigenvalue weighted by molar-refractivity contribution is -0.0436. The van der Waals surface area contributed by atoms with E-state index in [1.807, 2.05) is 53.4 Å². The zero-order valence-corrected chi connectivity index (χ0v) is 39.8. The first-order valence-electron chi connectivity index (χ1n) is 22.1. The van der Waals surface area contributed by atoms with Crippen LogP contribution in [0.3, 0.4) is 0 Å². The smallest absolute Gasteiger partial charge is 0.389 e. The van der Waals surface area contributed by atoms with Gasteiger partial charge in [0.05, 0.1) is 23.8 Å². The van der Waals surface area contributed by atoms with Crippen molar-refractivity contribution in [2.24, 2.45) is 5.16 Å². The Kier molecular flexibility index (Phi) is 15.3. The van der Waals surface area contributed by atoms with Crippen molar-refractivity contribution in [2.45, 2.75) is 63.9 Å². The van der Waals surface area contributed by atoms with Gasteiger partial charge >= 0.3 is 5.51 Å². The molecule has 0 aromatic heterocycles. The third-order valence-corrected chi connectivity index (χ3v) is 16.9. The number of nitrogens with zero attached hydrogens (tertiary/aromatic N) is 4. The third kappa shape index (κ3) is 12.0. The maximum Gasteiger partial charge on any atom is 0.501 e. The second kappa shape index (κ2) is 20.9. The number of benzene rings is 4. The van der Waals surface area contributed by atoms with Crippen molar-refractivity contribution in [3.63, 3.8) is 0 Å². The van der Waals surface area contributed by atoms with Gasteiger partial charge in [0.25, 0.3) is 25.8 Å². The van der Waals surface area contributed by atoms with Gasteiger partial charge in [-0.05, 0) is 103 Å². The zero-order chi connectivity index (χ0) is 47.2. The Morgan fingerprint density at radius 2 is 1.60 bits per heavy atom. The fourth-order valence-corrected chi connectivity index (χ4v) is 12.0. The highest BCUT2D eigenvalue weighted by atomic mass is 35.5. The van der Waals surface area contributed by atoms with Gasteiger partial charge < -0.3 is 19.8 Å². The van der Waals surface area contributed by atoms with Crippen molar-refractivity contribution >= 4 is 72.3 Å². The first-order chi connectivity index (χ1) is 32.1. The van der Waals surface area contributed by atoms with Crippen LogP contribution in [0.5, 0.6) is 0 Å². The van der Waals surface area contributed by atoms with Crippen LogP contribution in [0.15, 0.2) is 122 Å². The van der Waals surface area contributed by atoms with Crippen LogP contribution in [0.4, 0.5) is 24.5 Å². The predicted octanol–water partition coefficient (Wildman–Crippen LogP) is 7.95. The summed E-state index contributed by atoms with van der Waals surface area (Å²) in [6.45, 7) is 6.71. The van der Waals surface area contributed by atoms with E-state index in [1.54, 1.807) is 12.1 Å². The number of anilines is 2. The highest BCUT2D eigenvalue weighted by Gasteiger charge is 2.48. The van der Waals surface area contributed by atoms with Gasteiger partial charge in [-0.3, -0.25) is 14.6 Å². The molecule has 2 N–H and O–H groups in total. The minimum absolute atomic E-state index is 0.0163. The number of oxime groups is 1. The Bertz CT molecular complexity index is 2650. The average Bonchev–Trinajstić information content (AvgIpc) is 3.78. The summed E-state index contributed by atoms with van der Waals surface area (Å²) in [7, 11) is -10.9. The number of nitrogens with one attached hydrogen (secondary N) is 2. The number of carbonyl (C=O) groups excluding carboxylic acids is 1. The van der Waals surface area contributed by atoms with E-state index in [2.05, 4.69) is 37.3 Å². The van der Waals surface area contributed by atoms with E-state index in [0.717, 1.165) is 73.6 Å². The summed E-state index contributed by atoms with van der Waals surface area (Å²) in [5.74, 6) is -0.671. The van der Waals surface area contributed by atoms with Gasteiger partial charge in [0, 0.05) is 104 Å². The summed E-state index contributed by atoms with van der Waals surface area (Å²) < 4.78 is 103. The Morgan fingerprint density at radius 1 is 0.881 bits per heavy atom. The van der Waals surface area contributed by atoms with Crippen molar-refractivity contribution in [3.8, 4) is 0 Å². The molecule has 4 aromatic carbocycles. The van der Waals surface area contributed by atoms with Gasteiger partial charge in [0.15, 0.2) is 0 Å². The van der Waals surface area contributed by atoms with Crippen molar-refractivity contribution < 1.29 is 44.4 Å². The molecule has 0 radical (unpaired) electrons. The molecule has 2 fully saturated rings. The molecule has 4 aromatic rings. The van der Waals surface area contributed by atoms with Crippen LogP contribution in [-0.2, 0) is 29.4 Å². The molecule has 67 heavy (non-hydrogen) atoms. The number of hydrogen-bond donors (Lipinski definition) is 2. The number of morpholine rings is 1. The summed E-state index contributed by atoms with van der Waals surface area (Å²) in [4.78, 5) is 24.8. The van der Waals surface area contributed by atoms with Gasteiger partial charge in [-0.1, -0.05) is 47.1 Å². The van der Waals surface area contributed by atoms with Gasteiger partial charge in [0.1, 0.15) is 10.5 Å². The Balaban J connectivity index is 0.927. The van der Waals surface area contributed by atoms with Crippen LogP contribution >= 0.6 is 23.4 Å². The number of sulfone groups is 1. The molecule has 358 valence electrons. The van der Waals surface area contributed by atoms with Gasteiger partial charge in [-0.2, -0.15) is 13.2 Å². The molecule has 2 saturated heterocycles. The Hall–Kier alpha value is -4.63. The lowest BCUT2D eigenvalue weighted by Crippen LogP contribution is -2.47. The van der Waals surface area contributed by atoms with Gasteiger partial charge in [-0.25, -0.2) is 21.6 Å². The largest absolute Gasteiger partial charge is 0.501 e. The first-order valence-corrected chi connectivity index (χ1v) is 26.4. The molecule has 13 nitrogen and oxygen atoms in total. The van der Waals surface area contributed by atoms with E-state index in [1.165, 1.54) is 35.0 Å². The standard InChI is InChI=1S/C47H52ClF3N6O7S3/c48-37-10-6-34(7-11-37)42-16-18-46(19-20-52-64-46)31-36(42)32-56-22-24-57(25-23-56)39-12-8-35(9-13-39)45(58)54-67(61,62)41-14-15-43(44(30-41)66(59,60)47(49,50)51)53-38(17-21-55-26-28-63-29-27-55)33-65-40-4-2-1-3-5-40/h1-15,20,30,38,53H,16-19,21-29,31-33H2,(H,54,58)/t38-,46?/m1/s1. The molecule has 0 bridgehead atoms. The van der Waals surface area contributed by atoms with E-state index in [9.17, 15) is 34.8 Å². The molecule has 20 heteroatoms. The van der Waals surface area contributed by atoms with Crippen LogP contribution < -0.4 is 14.9 Å². The van der Waals surface area contributed by atoms with E-state index < -0.39 is 52.8 Å². The van der Waals surface area contributed by atoms with Gasteiger partial charge in [-0.15, -0.1) is 11.8 Å². The number of ether oxygens (including phenoxy) is 1. The van der Waals surface area contributed by atoms with Crippen LogP contribution in [0.25, 0.3) is 5.57 Å². The third-order valence-electron chi connectivity index (χ3n) is 12.6. The minimum Gasteiger partial charge on any atom is -0.389 e. The van der Waals surface area contributed by atoms with Crippen molar-refractivity contribution in [3.05, 3.63) is 119 Å². The molecule has 3 heterocycles. The molecule has 1 amide bonds. The van der Waals surface area contributed by atoms with Crippen LogP contribution in [0.1, 0.15) is 48.0 Å². The molecule has 0 saturated carbocycles. The number of amides is 1. The quantitative estimate of drug-likeness (QED) is 0.105. The number of halogens is 4. The normalized spacial score (nSPS) is 20.2. The number of thioether (sulfide) groups is 1. The maximum absolute atomic E-state index is 14.2. The summed E-state index contributed by atoms with van der Waals surface area (Å²) >= 11 is 7.65. The van der Waals surface area contributed by atoms with Crippen LogP contribution in [0, 0.1) is 0 Å². The number of sulfonamides is 1. The number of rotatable bonds is 16. The molecule has 8 rings (SSSR count). The summed E-state index contributed by atoms with van der Waals surface area (Å²) in [5.41, 5.74) is -1.87. The van der Waals surface area contributed by atoms with Gasteiger partial charge in [0.2, 0.25) is 0 Å². The number of piperazine rings is 1. The van der Waals surface area contributed by atoms with Crippen molar-refractivity contribution in [2.75, 3.05) is 81.5 Å². The van der Waals surface area contributed by atoms with E-state index in [4.69, 9.17) is 21.2 Å². The first kappa shape index (κ1) is 48.8. The highest BCUT2D eigenvalue weighted by Crippen LogP contribution is 2.44. The highest BCUT2D eigenvalue weighted by molar-refractivity contribution is 7.99. The molecule has 4 aliphatic rings. The minimum atomic E-state index is -6.06. The maximum atomic E-state index is 14.2. The SMILES string of the molecule is O=C(NS(=O)(=O)c1ccc(N[C@H](CCN2CCOCC2)CSc2ccccc2)c(S(=O)(=O)C(F)(F)F)c1)c1ccc(N2CCN(CC3=C(c4ccc(Cl)cc4)CCC4(CC=NO4)C3)CC2)cc1. The second-order valence-electron chi connectivity index (χ2n) is 17.1. The fourth-order valence-electron chi connectivity index (χ4n) is 8.83. The fraction of sp³-hybridized carbons (Fsp3) is 0.404. The summed E-state index contributed by atoms with van der Waals surface area (Å²) in [5, 5.41) is 7.77. The monoisotopic (exact) mass is 1000 g/mol. The molecule has 1 spiro atoms. The zero-order valence-electron chi connectivity index (χ0n) is 36.6. The lowest BCUT2D eigenvalue weighted by atomic mass is 9.77. The average molecular weight is 1000 g/mol. The van der Waals surface area contributed by atoms with Crippen molar-refractivity contribution in [1.29, 1.82) is 0 Å². The number of hydrogen-bond acceptors (Lipinski definition) is 13. The number of carbonyl (C=O) groups is 1. The van der Waals surface area contributed by atoms with Crippen LogP contribution in [0.2, 0.25) is 5.02 Å². The number of alkyl halides is 3. The molecule has 3 aliphatic heterocycles. The summed E-state index contributed by atoms with van der Waals surface area (Å²) in [6.07, 6.45) is 5.60. The molecule has 1 unspecified atom stereocenters. The molecule has 2 atom stereocenters. The summed E-state index contributed by atoms with van der Waals surface area (Å²) in [6, 6.07) is 25.6. The second-order valence-corrected chi connectivity index (χ2v) is 22.2. The Labute approximate surface area is 398 Å². The Morgan fingerprint density at radius 3 is 2.27 bits per heavy atom. The van der Waals surface area contributed by atoms with Crippen LogP contribution in [-0.4, -0.2) is 127 Å². The van der Waals surface area contributed by atoms with E-state index >= 15 is 0 Å². The van der Waals surface area contributed by atoms with E-state index in [0.29, 0.717) is 69.2 Å². The van der Waals surface area contributed by atoms with E-state index in [-0.39, 0.29) is 11.2 Å². The predicted molar refractivity (Wildman–Crippen MR) is 255 cm³/mol. The lowest BCUT2D eigenvalue weighted by Gasteiger charge is -2.39. The van der Waals surface area contributed by atoms with Crippen molar-refractivity contribution in [1.82, 2.24) is 14.5 Å².